The van der Waals surface area contributed by atoms with E-state index in [2.05, 4.69) is 4.98 Å². The summed E-state index contributed by atoms with van der Waals surface area (Å²) in [6.07, 6.45) is 0. The zero-order valence-corrected chi connectivity index (χ0v) is 13.2. The van der Waals surface area contributed by atoms with Gasteiger partial charge in [0.25, 0.3) is 5.56 Å². The molecule has 122 valence electrons. The number of nitrogens with zero attached hydrogens (tertiary/aromatic N) is 1. The molecule has 0 aliphatic heterocycles. The van der Waals surface area contributed by atoms with Gasteiger partial charge in [-0.3, -0.25) is 19.1 Å². The molecule has 0 aliphatic rings. The van der Waals surface area contributed by atoms with Gasteiger partial charge in [-0.05, 0) is 23.8 Å². The van der Waals surface area contributed by atoms with Crippen molar-refractivity contribution in [2.24, 2.45) is 0 Å². The van der Waals surface area contributed by atoms with Crippen LogP contribution in [0.4, 0.5) is 0 Å². The molecule has 0 unspecified atom stereocenters. The molecule has 0 radical (unpaired) electrons. The van der Waals surface area contributed by atoms with E-state index in [1.165, 1.54) is 12.1 Å². The number of hydrogen-bond acceptors (Lipinski definition) is 4. The lowest BCUT2D eigenvalue weighted by Crippen LogP contribution is -2.32. The third-order valence-corrected chi connectivity index (χ3v) is 3.73. The minimum absolute atomic E-state index is 0.108. The molecule has 3 aromatic rings. The van der Waals surface area contributed by atoms with Crippen molar-refractivity contribution in [3.63, 3.8) is 0 Å². The predicted molar refractivity (Wildman–Crippen MR) is 90.1 cm³/mol. The minimum Gasteiger partial charge on any atom is -0.459 e. The highest BCUT2D eigenvalue weighted by atomic mass is 35.5. The van der Waals surface area contributed by atoms with E-state index in [0.29, 0.717) is 5.02 Å². The van der Waals surface area contributed by atoms with Crippen molar-refractivity contribution >= 4 is 28.5 Å². The van der Waals surface area contributed by atoms with Gasteiger partial charge >= 0.3 is 11.7 Å². The number of fused-ring (bicyclic) bond motifs is 1. The molecule has 0 bridgehead atoms. The molecule has 0 saturated heterocycles. The number of H-pyrrole nitrogens is 1. The van der Waals surface area contributed by atoms with Gasteiger partial charge in [0.15, 0.2) is 0 Å². The zero-order valence-electron chi connectivity index (χ0n) is 12.5. The second kappa shape index (κ2) is 6.72. The summed E-state index contributed by atoms with van der Waals surface area (Å²) < 4.78 is 6.31. The largest absolute Gasteiger partial charge is 0.459 e. The highest BCUT2D eigenvalue weighted by molar-refractivity contribution is 6.31. The molecule has 0 atom stereocenters. The fraction of sp³-hybridized carbons (Fsp3) is 0.118. The molecule has 0 amide bonds. The van der Waals surface area contributed by atoms with Crippen LogP contribution >= 0.6 is 11.6 Å². The summed E-state index contributed by atoms with van der Waals surface area (Å²) >= 11 is 5.93. The van der Waals surface area contributed by atoms with Crippen LogP contribution < -0.4 is 11.2 Å². The van der Waals surface area contributed by atoms with Gasteiger partial charge in [0.1, 0.15) is 13.2 Å². The summed E-state index contributed by atoms with van der Waals surface area (Å²) in [4.78, 5) is 38.1. The molecular formula is C17H13ClN2O4. The second-order valence-corrected chi connectivity index (χ2v) is 5.59. The van der Waals surface area contributed by atoms with Gasteiger partial charge in [0.2, 0.25) is 0 Å². The van der Waals surface area contributed by atoms with E-state index in [4.69, 9.17) is 16.3 Å². The van der Waals surface area contributed by atoms with Gasteiger partial charge in [-0.15, -0.1) is 0 Å². The zero-order chi connectivity index (χ0) is 17.1. The number of carbonyl (C=O) groups is 1. The van der Waals surface area contributed by atoms with E-state index in [1.54, 1.807) is 6.07 Å². The summed E-state index contributed by atoms with van der Waals surface area (Å²) in [5, 5.41) is 0.633. The van der Waals surface area contributed by atoms with E-state index < -0.39 is 17.2 Å². The van der Waals surface area contributed by atoms with E-state index in [0.717, 1.165) is 10.1 Å². The van der Waals surface area contributed by atoms with Crippen molar-refractivity contribution in [3.8, 4) is 0 Å². The third kappa shape index (κ3) is 3.38. The summed E-state index contributed by atoms with van der Waals surface area (Å²) in [6, 6.07) is 13.7. The number of aromatic nitrogens is 2. The molecular weight excluding hydrogens is 332 g/mol. The van der Waals surface area contributed by atoms with E-state index >= 15 is 0 Å². The highest BCUT2D eigenvalue weighted by Gasteiger charge is 2.12. The maximum absolute atomic E-state index is 12.0. The van der Waals surface area contributed by atoms with Crippen LogP contribution in [-0.2, 0) is 22.7 Å². The molecule has 1 N–H and O–H groups in total. The van der Waals surface area contributed by atoms with Crippen LogP contribution in [0.5, 0.6) is 0 Å². The van der Waals surface area contributed by atoms with Gasteiger partial charge in [-0.2, -0.15) is 0 Å². The maximum atomic E-state index is 12.0. The van der Waals surface area contributed by atoms with Crippen LogP contribution in [0.3, 0.4) is 0 Å². The predicted octanol–water partition coefficient (Wildman–Crippen LogP) is 2.09. The van der Waals surface area contributed by atoms with Gasteiger partial charge in [0, 0.05) is 5.02 Å². The Bertz CT molecular complexity index is 1010. The molecule has 0 fully saturated rings. The SMILES string of the molecule is O=C(Cn1c(=O)[nH]c(=O)c2ccc(Cl)cc21)OCc1ccccc1. The van der Waals surface area contributed by atoms with Gasteiger partial charge in [0.05, 0.1) is 10.9 Å². The fourth-order valence-corrected chi connectivity index (χ4v) is 2.50. The number of ether oxygens (including phenoxy) is 1. The monoisotopic (exact) mass is 344 g/mol. The number of rotatable bonds is 4. The van der Waals surface area contributed by atoms with Crippen molar-refractivity contribution in [2.45, 2.75) is 13.2 Å². The van der Waals surface area contributed by atoms with E-state index in [9.17, 15) is 14.4 Å². The highest BCUT2D eigenvalue weighted by Crippen LogP contribution is 2.15. The number of benzene rings is 2. The molecule has 0 spiro atoms. The Balaban J connectivity index is 1.87. The van der Waals surface area contributed by atoms with Crippen LogP contribution in [0.15, 0.2) is 58.1 Å². The topological polar surface area (TPSA) is 81.2 Å². The lowest BCUT2D eigenvalue weighted by Gasteiger charge is -2.10. The molecule has 1 heterocycles. The molecule has 7 heteroatoms. The van der Waals surface area contributed by atoms with Gasteiger partial charge in [-0.25, -0.2) is 4.79 Å². The Kier molecular flexibility index (Phi) is 4.48. The van der Waals surface area contributed by atoms with Crippen LogP contribution in [0.25, 0.3) is 10.9 Å². The van der Waals surface area contributed by atoms with E-state index in [-0.39, 0.29) is 24.1 Å². The van der Waals surface area contributed by atoms with Gasteiger partial charge < -0.3 is 4.74 Å². The van der Waals surface area contributed by atoms with Crippen molar-refractivity contribution in [1.29, 1.82) is 0 Å². The summed E-state index contributed by atoms with van der Waals surface area (Å²) in [7, 11) is 0. The first kappa shape index (κ1) is 16.0. The number of nitrogens with one attached hydrogen (secondary N) is 1. The third-order valence-electron chi connectivity index (χ3n) is 3.49. The Morgan fingerprint density at radius 1 is 1.12 bits per heavy atom. The molecule has 0 aliphatic carbocycles. The van der Waals surface area contributed by atoms with Crippen LogP contribution in [0, 0.1) is 0 Å². The van der Waals surface area contributed by atoms with Crippen molar-refractivity contribution < 1.29 is 9.53 Å². The summed E-state index contributed by atoms with van der Waals surface area (Å²) in [6.45, 7) is -0.213. The first-order valence-corrected chi connectivity index (χ1v) is 7.54. The molecule has 3 rings (SSSR count). The van der Waals surface area contributed by atoms with Crippen molar-refractivity contribution in [2.75, 3.05) is 0 Å². The van der Waals surface area contributed by atoms with Crippen molar-refractivity contribution in [1.82, 2.24) is 9.55 Å². The average molecular weight is 345 g/mol. The standard InChI is InChI=1S/C17H13ClN2O4/c18-12-6-7-13-14(8-12)20(17(23)19-16(13)22)9-15(21)24-10-11-4-2-1-3-5-11/h1-8H,9-10H2,(H,19,22,23). The average Bonchev–Trinajstić information content (AvgIpc) is 2.57. The van der Waals surface area contributed by atoms with E-state index in [1.807, 2.05) is 30.3 Å². The first-order valence-electron chi connectivity index (χ1n) is 7.16. The molecule has 24 heavy (non-hydrogen) atoms. The smallest absolute Gasteiger partial charge is 0.329 e. The Hall–Kier alpha value is -2.86. The van der Waals surface area contributed by atoms with Crippen LogP contribution in [0.1, 0.15) is 5.56 Å². The van der Waals surface area contributed by atoms with Crippen LogP contribution in [-0.4, -0.2) is 15.5 Å². The number of hydrogen-bond donors (Lipinski definition) is 1. The second-order valence-electron chi connectivity index (χ2n) is 5.15. The quantitative estimate of drug-likeness (QED) is 0.735. The first-order chi connectivity index (χ1) is 11.5. The lowest BCUT2D eigenvalue weighted by atomic mass is 10.2. The van der Waals surface area contributed by atoms with Gasteiger partial charge in [-0.1, -0.05) is 41.9 Å². The Morgan fingerprint density at radius 2 is 1.88 bits per heavy atom. The molecule has 0 saturated carbocycles. The summed E-state index contributed by atoms with van der Waals surface area (Å²) in [5.74, 6) is -0.589. The number of esters is 1. The Labute approximate surface area is 141 Å². The number of halogens is 1. The molecule has 6 nitrogen and oxygen atoms in total. The maximum Gasteiger partial charge on any atom is 0.329 e. The lowest BCUT2D eigenvalue weighted by molar-refractivity contribution is -0.145. The minimum atomic E-state index is -0.688. The molecule has 2 aromatic carbocycles. The normalized spacial score (nSPS) is 10.7. The Morgan fingerprint density at radius 3 is 2.62 bits per heavy atom. The van der Waals surface area contributed by atoms with Crippen molar-refractivity contribution in [3.05, 3.63) is 80.0 Å². The van der Waals surface area contributed by atoms with Crippen LogP contribution in [0.2, 0.25) is 5.02 Å². The fourth-order valence-electron chi connectivity index (χ4n) is 2.33. The number of aromatic amines is 1. The summed E-state index contributed by atoms with van der Waals surface area (Å²) in [5.41, 5.74) is -0.0903. The molecule has 1 aromatic heterocycles. The number of carbonyl (C=O) groups excluding carboxylic acids is 1.